The minimum atomic E-state index is -0.371. The third-order valence-electron chi connectivity index (χ3n) is 3.91. The highest BCUT2D eigenvalue weighted by Crippen LogP contribution is 2.15. The van der Waals surface area contributed by atoms with E-state index in [9.17, 15) is 9.50 Å². The van der Waals surface area contributed by atoms with Crippen LogP contribution in [0.25, 0.3) is 0 Å². The summed E-state index contributed by atoms with van der Waals surface area (Å²) in [4.78, 5) is 4.61. The summed E-state index contributed by atoms with van der Waals surface area (Å²) >= 11 is 0. The molecule has 4 heteroatoms. The maximum absolute atomic E-state index is 12.8. The average molecular weight is 266 g/mol. The second kappa shape index (κ2) is 6.46. The van der Waals surface area contributed by atoms with Gasteiger partial charge in [0.05, 0.1) is 6.10 Å². The molecule has 0 amide bonds. The maximum Gasteiger partial charge on any atom is 0.123 e. The molecule has 1 heterocycles. The molecule has 3 nitrogen and oxygen atoms in total. The molecule has 0 aromatic heterocycles. The van der Waals surface area contributed by atoms with E-state index in [4.69, 9.17) is 0 Å². The fourth-order valence-corrected chi connectivity index (χ4v) is 2.65. The third kappa shape index (κ3) is 4.27. The first kappa shape index (κ1) is 14.4. The van der Waals surface area contributed by atoms with Gasteiger partial charge in [-0.05, 0) is 44.6 Å². The number of aliphatic hydroxyl groups excluding tert-OH is 1. The summed E-state index contributed by atoms with van der Waals surface area (Å²) in [6.07, 6.45) is 0.983. The lowest BCUT2D eigenvalue weighted by Gasteiger charge is -2.38. The van der Waals surface area contributed by atoms with Crippen molar-refractivity contribution in [1.29, 1.82) is 0 Å². The van der Waals surface area contributed by atoms with Crippen LogP contribution < -0.4 is 0 Å². The molecule has 0 bridgehead atoms. The summed E-state index contributed by atoms with van der Waals surface area (Å²) in [5, 5.41) is 10.2. The fourth-order valence-electron chi connectivity index (χ4n) is 2.65. The molecule has 1 N–H and O–H groups in total. The molecule has 19 heavy (non-hydrogen) atoms. The van der Waals surface area contributed by atoms with Gasteiger partial charge in [-0.25, -0.2) is 4.39 Å². The van der Waals surface area contributed by atoms with E-state index in [0.717, 1.165) is 31.6 Å². The van der Waals surface area contributed by atoms with Gasteiger partial charge in [-0.3, -0.25) is 0 Å². The zero-order valence-electron chi connectivity index (χ0n) is 11.7. The predicted octanol–water partition coefficient (Wildman–Crippen LogP) is 1.36. The van der Waals surface area contributed by atoms with Gasteiger partial charge in [0.1, 0.15) is 5.82 Å². The Morgan fingerprint density at radius 3 is 2.63 bits per heavy atom. The molecule has 1 aromatic rings. The number of benzene rings is 1. The molecule has 106 valence electrons. The van der Waals surface area contributed by atoms with E-state index < -0.39 is 0 Å². The lowest BCUT2D eigenvalue weighted by Crippen LogP contribution is -2.51. The Balaban J connectivity index is 1.86. The van der Waals surface area contributed by atoms with E-state index in [-0.39, 0.29) is 11.9 Å². The summed E-state index contributed by atoms with van der Waals surface area (Å²) in [7, 11) is 4.23. The highest BCUT2D eigenvalue weighted by atomic mass is 19.1. The lowest BCUT2D eigenvalue weighted by atomic mass is 9.99. The molecule has 0 radical (unpaired) electrons. The summed E-state index contributed by atoms with van der Waals surface area (Å²) < 4.78 is 12.8. The van der Waals surface area contributed by atoms with E-state index >= 15 is 0 Å². The van der Waals surface area contributed by atoms with E-state index in [1.165, 1.54) is 12.1 Å². The predicted molar refractivity (Wildman–Crippen MR) is 74.6 cm³/mol. The smallest absolute Gasteiger partial charge is 0.123 e. The van der Waals surface area contributed by atoms with Crippen molar-refractivity contribution >= 4 is 0 Å². The Morgan fingerprint density at radius 2 is 1.95 bits per heavy atom. The fraction of sp³-hybridized carbons (Fsp3) is 0.600. The number of piperazine rings is 1. The second-order valence-electron chi connectivity index (χ2n) is 5.62. The SMILES string of the molecule is CN1CCN(C)C(CC(O)Cc2ccc(F)cc2)C1. The number of likely N-dealkylation sites (N-methyl/N-ethyl adjacent to an activating group) is 2. The first-order chi connectivity index (χ1) is 9.04. The van der Waals surface area contributed by atoms with Crippen LogP contribution in [0.4, 0.5) is 4.39 Å². The Morgan fingerprint density at radius 1 is 1.26 bits per heavy atom. The van der Waals surface area contributed by atoms with Crippen LogP contribution in [0.5, 0.6) is 0 Å². The van der Waals surface area contributed by atoms with Crippen molar-refractivity contribution in [2.24, 2.45) is 0 Å². The molecule has 0 saturated carbocycles. The molecule has 1 aliphatic heterocycles. The lowest BCUT2D eigenvalue weighted by molar-refractivity contribution is 0.0639. The molecular weight excluding hydrogens is 243 g/mol. The van der Waals surface area contributed by atoms with E-state index in [0.29, 0.717) is 12.5 Å². The molecule has 0 aliphatic carbocycles. The largest absolute Gasteiger partial charge is 0.393 e. The standard InChI is InChI=1S/C15H23FN2O/c1-17-7-8-18(2)14(11-17)10-15(19)9-12-3-5-13(16)6-4-12/h3-6,14-15,19H,7-11H2,1-2H3. The Bertz CT molecular complexity index is 396. The van der Waals surface area contributed by atoms with Crippen LogP contribution in [0.15, 0.2) is 24.3 Å². The van der Waals surface area contributed by atoms with Crippen molar-refractivity contribution in [3.8, 4) is 0 Å². The average Bonchev–Trinajstić information content (AvgIpc) is 2.37. The first-order valence-corrected chi connectivity index (χ1v) is 6.86. The summed E-state index contributed by atoms with van der Waals surface area (Å²) in [5.74, 6) is -0.230. The third-order valence-corrected chi connectivity index (χ3v) is 3.91. The van der Waals surface area contributed by atoms with Crippen LogP contribution in [0.1, 0.15) is 12.0 Å². The molecule has 0 spiro atoms. The van der Waals surface area contributed by atoms with Crippen molar-refractivity contribution in [3.05, 3.63) is 35.6 Å². The molecule has 1 saturated heterocycles. The molecule has 2 rings (SSSR count). The van der Waals surface area contributed by atoms with Gasteiger partial charge in [-0.15, -0.1) is 0 Å². The molecule has 1 aromatic carbocycles. The first-order valence-electron chi connectivity index (χ1n) is 6.86. The Kier molecular flexibility index (Phi) is 4.91. The highest BCUT2D eigenvalue weighted by molar-refractivity contribution is 5.16. The number of nitrogens with zero attached hydrogens (tertiary/aromatic N) is 2. The zero-order valence-corrected chi connectivity index (χ0v) is 11.7. The topological polar surface area (TPSA) is 26.7 Å². The zero-order chi connectivity index (χ0) is 13.8. The van der Waals surface area contributed by atoms with Gasteiger partial charge in [-0.2, -0.15) is 0 Å². The van der Waals surface area contributed by atoms with E-state index in [1.807, 2.05) is 0 Å². The number of halogens is 1. The molecule has 2 atom stereocenters. The Labute approximate surface area is 114 Å². The molecular formula is C15H23FN2O. The van der Waals surface area contributed by atoms with E-state index in [1.54, 1.807) is 12.1 Å². The maximum atomic E-state index is 12.8. The van der Waals surface area contributed by atoms with Gasteiger partial charge in [0.15, 0.2) is 0 Å². The number of aliphatic hydroxyl groups is 1. The number of rotatable bonds is 4. The van der Waals surface area contributed by atoms with Crippen molar-refractivity contribution in [3.63, 3.8) is 0 Å². The minimum absolute atomic E-state index is 0.230. The van der Waals surface area contributed by atoms with Crippen LogP contribution >= 0.6 is 0 Å². The van der Waals surface area contributed by atoms with Crippen molar-refractivity contribution in [2.75, 3.05) is 33.7 Å². The summed E-state index contributed by atoms with van der Waals surface area (Å²) in [5.41, 5.74) is 0.987. The summed E-state index contributed by atoms with van der Waals surface area (Å²) in [6.45, 7) is 3.13. The highest BCUT2D eigenvalue weighted by Gasteiger charge is 2.24. The summed E-state index contributed by atoms with van der Waals surface area (Å²) in [6, 6.07) is 6.78. The van der Waals surface area contributed by atoms with E-state index in [2.05, 4.69) is 23.9 Å². The van der Waals surface area contributed by atoms with Crippen LogP contribution in [0.2, 0.25) is 0 Å². The quantitative estimate of drug-likeness (QED) is 0.891. The van der Waals surface area contributed by atoms with Gasteiger partial charge in [-0.1, -0.05) is 12.1 Å². The Hall–Kier alpha value is -0.970. The van der Waals surface area contributed by atoms with Gasteiger partial charge in [0, 0.05) is 25.7 Å². The molecule has 1 aliphatic rings. The van der Waals surface area contributed by atoms with Gasteiger partial charge in [0.25, 0.3) is 0 Å². The van der Waals surface area contributed by atoms with Crippen molar-refractivity contribution in [2.45, 2.75) is 25.0 Å². The van der Waals surface area contributed by atoms with Crippen molar-refractivity contribution < 1.29 is 9.50 Å². The van der Waals surface area contributed by atoms with Crippen LogP contribution in [-0.4, -0.2) is 60.8 Å². The second-order valence-corrected chi connectivity index (χ2v) is 5.62. The van der Waals surface area contributed by atoms with Crippen molar-refractivity contribution in [1.82, 2.24) is 9.80 Å². The molecule has 1 fully saturated rings. The van der Waals surface area contributed by atoms with Crippen LogP contribution in [-0.2, 0) is 6.42 Å². The number of hydrogen-bond acceptors (Lipinski definition) is 3. The number of hydrogen-bond donors (Lipinski definition) is 1. The monoisotopic (exact) mass is 266 g/mol. The van der Waals surface area contributed by atoms with Gasteiger partial charge in [0.2, 0.25) is 0 Å². The minimum Gasteiger partial charge on any atom is -0.393 e. The van der Waals surface area contributed by atoms with Gasteiger partial charge >= 0.3 is 0 Å². The normalized spacial score (nSPS) is 23.5. The molecule has 2 unspecified atom stereocenters. The van der Waals surface area contributed by atoms with Gasteiger partial charge < -0.3 is 14.9 Å². The van der Waals surface area contributed by atoms with Crippen LogP contribution in [0.3, 0.4) is 0 Å². The van der Waals surface area contributed by atoms with Crippen LogP contribution in [0, 0.1) is 5.82 Å².